The molecule has 0 aliphatic carbocycles. The van der Waals surface area contributed by atoms with E-state index in [1.54, 1.807) is 6.07 Å². The molecule has 1 aromatic heterocycles. The minimum atomic E-state index is -0.678. The molecule has 106 valence electrons. The Balaban J connectivity index is 2.22. The molecule has 1 heterocycles. The van der Waals surface area contributed by atoms with Gasteiger partial charge in [0.15, 0.2) is 11.6 Å². The Hall–Kier alpha value is -2.54. The first-order valence-electron chi connectivity index (χ1n) is 5.86. The van der Waals surface area contributed by atoms with Crippen LogP contribution >= 0.6 is 11.6 Å². The summed E-state index contributed by atoms with van der Waals surface area (Å²) in [6, 6.07) is 8.20. The van der Waals surface area contributed by atoms with Gasteiger partial charge in [0.05, 0.1) is 5.02 Å². The molecule has 0 aliphatic rings. The molecule has 0 radical (unpaired) electrons. The van der Waals surface area contributed by atoms with Gasteiger partial charge in [-0.15, -0.1) is 5.10 Å². The molecule has 0 spiro atoms. The van der Waals surface area contributed by atoms with Crippen LogP contribution in [0.1, 0.15) is 0 Å². The second-order valence-electron chi connectivity index (χ2n) is 4.22. The van der Waals surface area contributed by atoms with Crippen LogP contribution in [0.5, 0.6) is 0 Å². The summed E-state index contributed by atoms with van der Waals surface area (Å²) in [6.45, 7) is 0. The molecule has 0 unspecified atom stereocenters. The normalized spacial score (nSPS) is 10.8. The fourth-order valence-corrected chi connectivity index (χ4v) is 2.07. The SMILES string of the molecule is Nc1ccc(F)cc1-c1nnnn1-c1cccc(Cl)c1F. The summed E-state index contributed by atoms with van der Waals surface area (Å²) >= 11 is 5.74. The summed E-state index contributed by atoms with van der Waals surface area (Å²) in [5.41, 5.74) is 6.38. The third-order valence-corrected chi connectivity index (χ3v) is 3.18. The molecular weight excluding hydrogens is 300 g/mol. The van der Waals surface area contributed by atoms with E-state index in [1.165, 1.54) is 30.3 Å². The molecule has 0 atom stereocenters. The van der Waals surface area contributed by atoms with Crippen LogP contribution in [0.2, 0.25) is 5.02 Å². The largest absolute Gasteiger partial charge is 0.398 e. The standard InChI is InChI=1S/C13H8ClF2N5/c14-9-2-1-3-11(12(9)16)21-13(18-19-20-21)8-6-7(15)4-5-10(8)17/h1-6H,17H2. The van der Waals surface area contributed by atoms with E-state index in [2.05, 4.69) is 15.5 Å². The van der Waals surface area contributed by atoms with E-state index in [-0.39, 0.29) is 27.8 Å². The third kappa shape index (κ3) is 2.31. The molecule has 0 bridgehead atoms. The smallest absolute Gasteiger partial charge is 0.189 e. The van der Waals surface area contributed by atoms with Gasteiger partial charge in [-0.2, -0.15) is 4.68 Å². The van der Waals surface area contributed by atoms with E-state index in [0.717, 1.165) is 4.68 Å². The number of hydrogen-bond acceptors (Lipinski definition) is 4. The van der Waals surface area contributed by atoms with Crippen molar-refractivity contribution in [1.82, 2.24) is 20.2 Å². The first-order chi connectivity index (χ1) is 10.1. The number of nitrogens with zero attached hydrogens (tertiary/aromatic N) is 4. The number of nitrogens with two attached hydrogens (primary N) is 1. The third-order valence-electron chi connectivity index (χ3n) is 2.89. The molecule has 3 aromatic rings. The number of nitrogen functional groups attached to an aromatic ring is 1. The van der Waals surface area contributed by atoms with Gasteiger partial charge in [-0.25, -0.2) is 8.78 Å². The van der Waals surface area contributed by atoms with Crippen LogP contribution in [-0.4, -0.2) is 20.2 Å². The molecular formula is C13H8ClF2N5. The molecule has 0 amide bonds. The van der Waals surface area contributed by atoms with Crippen molar-refractivity contribution in [1.29, 1.82) is 0 Å². The van der Waals surface area contributed by atoms with Crippen LogP contribution in [0.3, 0.4) is 0 Å². The maximum atomic E-state index is 14.1. The Morgan fingerprint density at radius 2 is 1.95 bits per heavy atom. The Morgan fingerprint density at radius 3 is 2.76 bits per heavy atom. The fraction of sp³-hybridized carbons (Fsp3) is 0. The van der Waals surface area contributed by atoms with Gasteiger partial charge in [0.2, 0.25) is 0 Å². The Morgan fingerprint density at radius 1 is 1.14 bits per heavy atom. The number of benzene rings is 2. The zero-order valence-corrected chi connectivity index (χ0v) is 11.2. The topological polar surface area (TPSA) is 69.6 Å². The molecule has 0 saturated carbocycles. The molecule has 2 N–H and O–H groups in total. The van der Waals surface area contributed by atoms with E-state index in [9.17, 15) is 8.78 Å². The maximum absolute atomic E-state index is 14.1. The monoisotopic (exact) mass is 307 g/mol. The molecule has 0 saturated heterocycles. The van der Waals surface area contributed by atoms with Gasteiger partial charge in [-0.1, -0.05) is 17.7 Å². The van der Waals surface area contributed by atoms with Gasteiger partial charge in [0.1, 0.15) is 11.5 Å². The van der Waals surface area contributed by atoms with E-state index in [4.69, 9.17) is 17.3 Å². The summed E-state index contributed by atoms with van der Waals surface area (Å²) in [4.78, 5) is 0. The van der Waals surface area contributed by atoms with Crippen molar-refractivity contribution in [2.24, 2.45) is 0 Å². The zero-order valence-electron chi connectivity index (χ0n) is 10.5. The Kier molecular flexibility index (Phi) is 3.26. The fourth-order valence-electron chi connectivity index (χ4n) is 1.90. The van der Waals surface area contributed by atoms with Crippen LogP contribution in [0.25, 0.3) is 17.1 Å². The van der Waals surface area contributed by atoms with Crippen LogP contribution in [-0.2, 0) is 0 Å². The first-order valence-corrected chi connectivity index (χ1v) is 6.24. The van der Waals surface area contributed by atoms with E-state index >= 15 is 0 Å². The predicted octanol–water partition coefficient (Wildman–Crippen LogP) is 2.84. The molecule has 3 rings (SSSR count). The number of tetrazole rings is 1. The van der Waals surface area contributed by atoms with Gasteiger partial charge in [0.25, 0.3) is 0 Å². The van der Waals surface area contributed by atoms with Gasteiger partial charge < -0.3 is 5.73 Å². The van der Waals surface area contributed by atoms with Crippen LogP contribution in [0.15, 0.2) is 36.4 Å². The highest BCUT2D eigenvalue weighted by Crippen LogP contribution is 2.28. The van der Waals surface area contributed by atoms with Crippen molar-refractivity contribution in [2.45, 2.75) is 0 Å². The highest BCUT2D eigenvalue weighted by Gasteiger charge is 2.17. The van der Waals surface area contributed by atoms with E-state index in [0.29, 0.717) is 0 Å². The van der Waals surface area contributed by atoms with Crippen molar-refractivity contribution in [3.05, 3.63) is 53.1 Å². The van der Waals surface area contributed by atoms with E-state index in [1.807, 2.05) is 0 Å². The molecule has 2 aromatic carbocycles. The highest BCUT2D eigenvalue weighted by molar-refractivity contribution is 6.30. The lowest BCUT2D eigenvalue weighted by molar-refractivity contribution is 0.608. The highest BCUT2D eigenvalue weighted by atomic mass is 35.5. The van der Waals surface area contributed by atoms with E-state index < -0.39 is 11.6 Å². The molecule has 5 nitrogen and oxygen atoms in total. The van der Waals surface area contributed by atoms with Crippen LogP contribution < -0.4 is 5.73 Å². The lowest BCUT2D eigenvalue weighted by Gasteiger charge is -2.08. The van der Waals surface area contributed by atoms with Crippen molar-refractivity contribution in [3.63, 3.8) is 0 Å². The quantitative estimate of drug-likeness (QED) is 0.739. The summed E-state index contributed by atoms with van der Waals surface area (Å²) < 4.78 is 28.6. The summed E-state index contributed by atoms with van der Waals surface area (Å²) in [5.74, 6) is -1.06. The van der Waals surface area contributed by atoms with Gasteiger partial charge in [-0.3, -0.25) is 0 Å². The average molecular weight is 308 g/mol. The zero-order chi connectivity index (χ0) is 15.0. The summed E-state index contributed by atoms with van der Waals surface area (Å²) in [5, 5.41) is 10.9. The molecule has 21 heavy (non-hydrogen) atoms. The minimum absolute atomic E-state index is 0.0474. The number of halogens is 3. The molecule has 0 aliphatic heterocycles. The van der Waals surface area contributed by atoms with Gasteiger partial charge in [-0.05, 0) is 40.8 Å². The first kappa shape index (κ1) is 13.4. The predicted molar refractivity (Wildman–Crippen MR) is 73.9 cm³/mol. The average Bonchev–Trinajstić information content (AvgIpc) is 2.93. The maximum Gasteiger partial charge on any atom is 0.189 e. The van der Waals surface area contributed by atoms with Crippen molar-refractivity contribution >= 4 is 17.3 Å². The number of rotatable bonds is 2. The van der Waals surface area contributed by atoms with Gasteiger partial charge in [0, 0.05) is 11.3 Å². The summed E-state index contributed by atoms with van der Waals surface area (Å²) in [6.07, 6.45) is 0. The summed E-state index contributed by atoms with van der Waals surface area (Å²) in [7, 11) is 0. The number of aromatic nitrogens is 4. The lowest BCUT2D eigenvalue weighted by Crippen LogP contribution is -2.04. The lowest BCUT2D eigenvalue weighted by atomic mass is 10.1. The second-order valence-corrected chi connectivity index (χ2v) is 4.63. The number of anilines is 1. The molecule has 0 fully saturated rings. The van der Waals surface area contributed by atoms with Crippen LogP contribution in [0, 0.1) is 11.6 Å². The van der Waals surface area contributed by atoms with Crippen molar-refractivity contribution in [3.8, 4) is 17.1 Å². The second kappa shape index (κ2) is 5.10. The van der Waals surface area contributed by atoms with Gasteiger partial charge >= 0.3 is 0 Å². The number of hydrogen-bond donors (Lipinski definition) is 1. The minimum Gasteiger partial charge on any atom is -0.398 e. The van der Waals surface area contributed by atoms with Crippen molar-refractivity contribution in [2.75, 3.05) is 5.73 Å². The van der Waals surface area contributed by atoms with Crippen LogP contribution in [0.4, 0.5) is 14.5 Å². The Bertz CT molecular complexity index is 802. The molecule has 8 heteroatoms. The Labute approximate surface area is 123 Å². The van der Waals surface area contributed by atoms with Crippen molar-refractivity contribution < 1.29 is 8.78 Å².